The molecule has 0 amide bonds. The van der Waals surface area contributed by atoms with E-state index in [1.807, 2.05) is 6.08 Å². The molecule has 5 heteroatoms. The number of rotatable bonds is 2. The molecule has 0 heterocycles. The van der Waals surface area contributed by atoms with Crippen molar-refractivity contribution in [3.05, 3.63) is 35.5 Å². The molecular weight excluding hydrogens is 359 g/mol. The molecular formula is C23H29FO4. The number of ether oxygens (including phenoxy) is 1. The fourth-order valence-corrected chi connectivity index (χ4v) is 6.76. The Hall–Kier alpha value is -1.75. The highest BCUT2D eigenvalue weighted by Gasteiger charge is 2.62. The number of ketones is 1. The van der Waals surface area contributed by atoms with Crippen molar-refractivity contribution in [2.24, 2.45) is 28.6 Å². The average molecular weight is 388 g/mol. The number of halogens is 1. The van der Waals surface area contributed by atoms with Gasteiger partial charge in [0.05, 0.1) is 6.10 Å². The Balaban J connectivity index is 1.67. The first-order valence-electron chi connectivity index (χ1n) is 10.3. The molecule has 0 radical (unpaired) electrons. The number of carbonyl (C=O) groups is 2. The Bertz CT molecular complexity index is 796. The van der Waals surface area contributed by atoms with E-state index in [0.29, 0.717) is 18.4 Å². The molecule has 0 aromatic rings. The van der Waals surface area contributed by atoms with Crippen LogP contribution in [0, 0.1) is 28.6 Å². The minimum atomic E-state index is -1.07. The Labute approximate surface area is 165 Å². The number of aliphatic hydroxyl groups excluding tert-OH is 1. The quantitative estimate of drug-likeness (QED) is 0.579. The lowest BCUT2D eigenvalue weighted by Crippen LogP contribution is -2.55. The first-order chi connectivity index (χ1) is 13.2. The van der Waals surface area contributed by atoms with Gasteiger partial charge in [-0.2, -0.15) is 0 Å². The van der Waals surface area contributed by atoms with Gasteiger partial charge in [-0.25, -0.2) is 4.39 Å². The van der Waals surface area contributed by atoms with Gasteiger partial charge in [0.15, 0.2) is 5.78 Å². The van der Waals surface area contributed by atoms with Crippen LogP contribution in [0.4, 0.5) is 4.39 Å². The van der Waals surface area contributed by atoms with Crippen molar-refractivity contribution in [3.8, 4) is 0 Å². The molecule has 152 valence electrons. The van der Waals surface area contributed by atoms with Crippen molar-refractivity contribution >= 4 is 11.8 Å². The lowest BCUT2D eigenvalue weighted by atomic mass is 9.47. The number of fused-ring (bicyclic) bond motifs is 5. The van der Waals surface area contributed by atoms with E-state index >= 15 is 4.39 Å². The zero-order valence-corrected chi connectivity index (χ0v) is 16.8. The second-order valence-electron chi connectivity index (χ2n) is 9.38. The SMILES string of the molecule is CC(=O)OCC=C1[C@H](F)CC2C3CCC4=CC(=O)C=CC4(C)C3C(O)CC12C. The summed E-state index contributed by atoms with van der Waals surface area (Å²) >= 11 is 0. The summed E-state index contributed by atoms with van der Waals surface area (Å²) in [5.74, 6) is -0.0271. The molecule has 0 bridgehead atoms. The number of alkyl halides is 1. The average Bonchev–Trinajstić information content (AvgIpc) is 2.85. The van der Waals surface area contributed by atoms with Crippen molar-refractivity contribution in [1.82, 2.24) is 0 Å². The maximum atomic E-state index is 15.1. The van der Waals surface area contributed by atoms with Crippen LogP contribution < -0.4 is 0 Å². The molecule has 0 aromatic heterocycles. The van der Waals surface area contributed by atoms with Crippen molar-refractivity contribution in [1.29, 1.82) is 0 Å². The number of hydrogen-bond donors (Lipinski definition) is 1. The van der Waals surface area contributed by atoms with E-state index in [0.717, 1.165) is 18.4 Å². The summed E-state index contributed by atoms with van der Waals surface area (Å²) in [4.78, 5) is 22.9. The summed E-state index contributed by atoms with van der Waals surface area (Å²) in [6.45, 7) is 5.59. The van der Waals surface area contributed by atoms with Gasteiger partial charge in [-0.05, 0) is 66.7 Å². The lowest BCUT2D eigenvalue weighted by Gasteiger charge is -2.58. The third-order valence-electron chi connectivity index (χ3n) is 7.93. The summed E-state index contributed by atoms with van der Waals surface area (Å²) in [6, 6.07) is 0. The summed E-state index contributed by atoms with van der Waals surface area (Å²) in [5.41, 5.74) is 1.01. The highest BCUT2D eigenvalue weighted by molar-refractivity contribution is 6.01. The number of hydrogen-bond acceptors (Lipinski definition) is 4. The first kappa shape index (κ1) is 19.6. The minimum Gasteiger partial charge on any atom is -0.462 e. The molecule has 1 N–H and O–H groups in total. The Morgan fingerprint density at radius 3 is 2.89 bits per heavy atom. The molecule has 4 rings (SSSR count). The normalized spacial score (nSPS) is 45.9. The van der Waals surface area contributed by atoms with Gasteiger partial charge in [0.2, 0.25) is 0 Å². The van der Waals surface area contributed by atoms with Gasteiger partial charge in [-0.1, -0.05) is 25.5 Å². The highest BCUT2D eigenvalue weighted by atomic mass is 19.1. The molecule has 28 heavy (non-hydrogen) atoms. The van der Waals surface area contributed by atoms with Gasteiger partial charge in [0.1, 0.15) is 12.8 Å². The summed E-state index contributed by atoms with van der Waals surface area (Å²) in [7, 11) is 0. The van der Waals surface area contributed by atoms with Crippen LogP contribution in [0.3, 0.4) is 0 Å². The minimum absolute atomic E-state index is 0.00468. The van der Waals surface area contributed by atoms with Gasteiger partial charge >= 0.3 is 5.97 Å². The largest absolute Gasteiger partial charge is 0.462 e. The number of allylic oxidation sites excluding steroid dienone is 5. The van der Waals surface area contributed by atoms with Crippen LogP contribution in [0.2, 0.25) is 0 Å². The molecule has 4 nitrogen and oxygen atoms in total. The monoisotopic (exact) mass is 388 g/mol. The highest BCUT2D eigenvalue weighted by Crippen LogP contribution is 2.66. The second kappa shape index (κ2) is 6.65. The maximum absolute atomic E-state index is 15.1. The molecule has 0 aromatic carbocycles. The van der Waals surface area contributed by atoms with Crippen LogP contribution in [0.5, 0.6) is 0 Å². The van der Waals surface area contributed by atoms with E-state index in [1.54, 1.807) is 18.2 Å². The fraction of sp³-hybridized carbons (Fsp3) is 0.652. The van der Waals surface area contributed by atoms with Gasteiger partial charge in [-0.15, -0.1) is 0 Å². The zero-order valence-electron chi connectivity index (χ0n) is 16.8. The molecule has 6 unspecified atom stereocenters. The van der Waals surface area contributed by atoms with Crippen LogP contribution in [-0.4, -0.2) is 35.7 Å². The van der Waals surface area contributed by atoms with Gasteiger partial charge in [-0.3, -0.25) is 9.59 Å². The van der Waals surface area contributed by atoms with Crippen molar-refractivity contribution in [3.63, 3.8) is 0 Å². The molecule has 4 aliphatic rings. The number of carbonyl (C=O) groups excluding carboxylic acids is 2. The van der Waals surface area contributed by atoms with Crippen molar-refractivity contribution in [2.75, 3.05) is 6.61 Å². The fourth-order valence-electron chi connectivity index (χ4n) is 6.76. The van der Waals surface area contributed by atoms with E-state index in [2.05, 4.69) is 13.8 Å². The van der Waals surface area contributed by atoms with Crippen LogP contribution in [-0.2, 0) is 14.3 Å². The van der Waals surface area contributed by atoms with Crippen molar-refractivity contribution in [2.45, 2.75) is 58.7 Å². The van der Waals surface area contributed by atoms with E-state index < -0.39 is 17.7 Å². The number of aliphatic hydroxyl groups is 1. The Kier molecular flexibility index (Phi) is 4.65. The van der Waals surface area contributed by atoms with Crippen molar-refractivity contribution < 1.29 is 23.8 Å². The standard InChI is InChI=1S/C23H29FO4/c1-13(25)28-9-7-17-19(24)11-18-16-5-4-14-10-15(26)6-8-22(14,2)21(16)20(27)12-23(17,18)3/h6-8,10,16,18-21,27H,4-5,9,11-12H2,1-3H3/t16?,18?,19-,20?,21?,22?,23?/m1/s1. The summed E-state index contributed by atoms with van der Waals surface area (Å²) in [5, 5.41) is 11.2. The van der Waals surface area contributed by atoms with E-state index in [-0.39, 0.29) is 41.5 Å². The zero-order chi connectivity index (χ0) is 20.3. The predicted molar refractivity (Wildman–Crippen MR) is 103 cm³/mol. The predicted octanol–water partition coefficient (Wildman–Crippen LogP) is 3.70. The topological polar surface area (TPSA) is 63.6 Å². The lowest BCUT2D eigenvalue weighted by molar-refractivity contribution is -0.139. The van der Waals surface area contributed by atoms with E-state index in [1.165, 1.54) is 6.92 Å². The Morgan fingerprint density at radius 2 is 2.18 bits per heavy atom. The van der Waals surface area contributed by atoms with Gasteiger partial charge in [0.25, 0.3) is 0 Å². The molecule has 3 fully saturated rings. The molecule has 3 saturated carbocycles. The van der Waals surface area contributed by atoms with Crippen LogP contribution in [0.1, 0.15) is 46.5 Å². The smallest absolute Gasteiger partial charge is 0.302 e. The van der Waals surface area contributed by atoms with E-state index in [4.69, 9.17) is 4.74 Å². The molecule has 0 saturated heterocycles. The Morgan fingerprint density at radius 1 is 1.43 bits per heavy atom. The molecule has 0 spiro atoms. The van der Waals surface area contributed by atoms with Crippen LogP contribution in [0.15, 0.2) is 35.5 Å². The van der Waals surface area contributed by atoms with Gasteiger partial charge < -0.3 is 9.84 Å². The molecule has 7 atom stereocenters. The number of esters is 1. The van der Waals surface area contributed by atoms with Crippen LogP contribution in [0.25, 0.3) is 0 Å². The molecule has 4 aliphatic carbocycles. The summed E-state index contributed by atoms with van der Waals surface area (Å²) in [6.07, 6.45) is 8.03. The van der Waals surface area contributed by atoms with E-state index in [9.17, 15) is 14.7 Å². The third kappa shape index (κ3) is 2.81. The second-order valence-corrected chi connectivity index (χ2v) is 9.38. The summed E-state index contributed by atoms with van der Waals surface area (Å²) < 4.78 is 20.1. The van der Waals surface area contributed by atoms with Crippen LogP contribution >= 0.6 is 0 Å². The maximum Gasteiger partial charge on any atom is 0.302 e. The first-order valence-corrected chi connectivity index (χ1v) is 10.3. The van der Waals surface area contributed by atoms with Gasteiger partial charge in [0, 0.05) is 18.3 Å². The third-order valence-corrected chi connectivity index (χ3v) is 7.93. The molecule has 0 aliphatic heterocycles.